The average molecular weight is 350 g/mol. The normalized spacial score (nSPS) is 17.2. The Morgan fingerprint density at radius 3 is 2.69 bits per heavy atom. The van der Waals surface area contributed by atoms with Crippen LogP contribution in [0, 0.1) is 5.92 Å². The summed E-state index contributed by atoms with van der Waals surface area (Å²) in [7, 11) is 0. The summed E-state index contributed by atoms with van der Waals surface area (Å²) in [5.74, 6) is -1.27. The molecule has 2 heterocycles. The third-order valence-corrected chi connectivity index (χ3v) is 4.77. The summed E-state index contributed by atoms with van der Waals surface area (Å²) < 4.78 is 5.82. The van der Waals surface area contributed by atoms with Crippen LogP contribution in [0.3, 0.4) is 0 Å². The van der Waals surface area contributed by atoms with E-state index in [9.17, 15) is 9.59 Å². The number of aliphatic carboxylic acids is 1. The molecule has 1 saturated heterocycles. The largest absolute Gasteiger partial charge is 0.481 e. The van der Waals surface area contributed by atoms with Crippen molar-refractivity contribution in [3.63, 3.8) is 0 Å². The molecule has 0 aliphatic carbocycles. The maximum absolute atomic E-state index is 12.1. The van der Waals surface area contributed by atoms with Crippen LogP contribution in [0.2, 0.25) is 0 Å². The van der Waals surface area contributed by atoms with Gasteiger partial charge in [-0.05, 0) is 42.3 Å². The van der Waals surface area contributed by atoms with Crippen molar-refractivity contribution < 1.29 is 19.1 Å². The lowest BCUT2D eigenvalue weighted by Gasteiger charge is -2.15. The summed E-state index contributed by atoms with van der Waals surface area (Å²) in [6, 6.07) is 13.3. The van der Waals surface area contributed by atoms with E-state index < -0.39 is 11.9 Å². The number of nitrogens with zero attached hydrogens (tertiary/aromatic N) is 2. The number of amides is 1. The monoisotopic (exact) mass is 350 g/mol. The van der Waals surface area contributed by atoms with E-state index in [0.29, 0.717) is 22.7 Å². The summed E-state index contributed by atoms with van der Waals surface area (Å²) in [5, 5.41) is 9.13. The van der Waals surface area contributed by atoms with E-state index in [-0.39, 0.29) is 18.9 Å². The Hall–Kier alpha value is -3.15. The molecule has 1 amide bonds. The van der Waals surface area contributed by atoms with E-state index in [2.05, 4.69) is 11.9 Å². The maximum atomic E-state index is 12.1. The fraction of sp³-hybridized carbons (Fsp3) is 0.250. The minimum absolute atomic E-state index is 0.0290. The zero-order valence-electron chi connectivity index (χ0n) is 14.3. The summed E-state index contributed by atoms with van der Waals surface area (Å²) >= 11 is 0. The van der Waals surface area contributed by atoms with Gasteiger partial charge in [0.2, 0.25) is 11.8 Å². The zero-order chi connectivity index (χ0) is 18.3. The molecule has 3 aromatic rings. The number of anilines is 1. The Balaban J connectivity index is 1.65. The third kappa shape index (κ3) is 2.83. The van der Waals surface area contributed by atoms with Crippen LogP contribution in [0.25, 0.3) is 22.6 Å². The van der Waals surface area contributed by atoms with Crippen LogP contribution in [0.1, 0.15) is 18.9 Å². The molecule has 1 N–H and O–H groups in total. The first-order valence-corrected chi connectivity index (χ1v) is 8.58. The number of carboxylic acid groups (broad SMARTS) is 1. The Labute approximate surface area is 150 Å². The first kappa shape index (κ1) is 16.3. The Morgan fingerprint density at radius 1 is 1.27 bits per heavy atom. The molecule has 1 unspecified atom stereocenters. The smallest absolute Gasteiger partial charge is 0.308 e. The highest BCUT2D eigenvalue weighted by atomic mass is 16.4. The SMILES string of the molecule is CCc1ccc(-c2nc3cc(N4CC(C(=O)O)CC4=O)ccc3o2)cc1. The van der Waals surface area contributed by atoms with E-state index in [1.165, 1.54) is 10.5 Å². The molecule has 0 saturated carbocycles. The summed E-state index contributed by atoms with van der Waals surface area (Å²) in [4.78, 5) is 29.3. The van der Waals surface area contributed by atoms with Gasteiger partial charge in [0.05, 0.1) is 5.92 Å². The van der Waals surface area contributed by atoms with Crippen molar-refractivity contribution in [3.05, 3.63) is 48.0 Å². The van der Waals surface area contributed by atoms with E-state index in [4.69, 9.17) is 9.52 Å². The van der Waals surface area contributed by atoms with Gasteiger partial charge < -0.3 is 14.4 Å². The molecule has 0 bridgehead atoms. The number of oxazole rings is 1. The van der Waals surface area contributed by atoms with Gasteiger partial charge in [-0.15, -0.1) is 0 Å². The Kier molecular flexibility index (Phi) is 3.95. The molecule has 0 spiro atoms. The number of rotatable bonds is 4. The summed E-state index contributed by atoms with van der Waals surface area (Å²) in [6.07, 6.45) is 1.000. The van der Waals surface area contributed by atoms with Crippen molar-refractivity contribution in [1.82, 2.24) is 4.98 Å². The van der Waals surface area contributed by atoms with Crippen molar-refractivity contribution in [2.24, 2.45) is 5.92 Å². The van der Waals surface area contributed by atoms with Crippen molar-refractivity contribution in [2.45, 2.75) is 19.8 Å². The fourth-order valence-electron chi connectivity index (χ4n) is 3.21. The van der Waals surface area contributed by atoms with E-state index in [1.807, 2.05) is 24.3 Å². The predicted molar refractivity (Wildman–Crippen MR) is 96.9 cm³/mol. The minimum atomic E-state index is -0.943. The van der Waals surface area contributed by atoms with Crippen molar-refractivity contribution in [3.8, 4) is 11.5 Å². The highest BCUT2D eigenvalue weighted by Crippen LogP contribution is 2.30. The molecule has 2 aromatic carbocycles. The zero-order valence-corrected chi connectivity index (χ0v) is 14.3. The molecule has 6 heteroatoms. The van der Waals surface area contributed by atoms with Gasteiger partial charge in [0.1, 0.15) is 5.52 Å². The van der Waals surface area contributed by atoms with Crippen molar-refractivity contribution >= 4 is 28.7 Å². The number of hydrogen-bond acceptors (Lipinski definition) is 4. The Morgan fingerprint density at radius 2 is 2.04 bits per heavy atom. The van der Waals surface area contributed by atoms with E-state index >= 15 is 0 Å². The maximum Gasteiger partial charge on any atom is 0.308 e. The van der Waals surface area contributed by atoms with Crippen LogP contribution in [0.4, 0.5) is 5.69 Å². The molecule has 1 fully saturated rings. The first-order chi connectivity index (χ1) is 12.5. The van der Waals surface area contributed by atoms with Gasteiger partial charge in [-0.1, -0.05) is 19.1 Å². The highest BCUT2D eigenvalue weighted by molar-refractivity contribution is 6.00. The van der Waals surface area contributed by atoms with Crippen molar-refractivity contribution in [1.29, 1.82) is 0 Å². The lowest BCUT2D eigenvalue weighted by atomic mass is 10.1. The Bertz CT molecular complexity index is 991. The second kappa shape index (κ2) is 6.29. The minimum Gasteiger partial charge on any atom is -0.481 e. The third-order valence-electron chi connectivity index (χ3n) is 4.77. The van der Waals surface area contributed by atoms with E-state index in [0.717, 1.165) is 12.0 Å². The standard InChI is InChI=1S/C20H18N2O4/c1-2-12-3-5-13(6-4-12)19-21-16-10-15(7-8-17(16)26-19)22-11-14(20(24)25)9-18(22)23/h3-8,10,14H,2,9,11H2,1H3,(H,24,25). The summed E-state index contributed by atoms with van der Waals surface area (Å²) in [6.45, 7) is 2.29. The van der Waals surface area contributed by atoms with Gasteiger partial charge in [-0.25, -0.2) is 4.98 Å². The van der Waals surface area contributed by atoms with Gasteiger partial charge in [0.25, 0.3) is 0 Å². The van der Waals surface area contributed by atoms with Gasteiger partial charge >= 0.3 is 5.97 Å². The number of fused-ring (bicyclic) bond motifs is 1. The quantitative estimate of drug-likeness (QED) is 0.779. The molecule has 1 aliphatic rings. The predicted octanol–water partition coefficient (Wildman–Crippen LogP) is 3.49. The van der Waals surface area contributed by atoms with Crippen molar-refractivity contribution in [2.75, 3.05) is 11.4 Å². The van der Waals surface area contributed by atoms with Gasteiger partial charge in [0.15, 0.2) is 5.58 Å². The highest BCUT2D eigenvalue weighted by Gasteiger charge is 2.35. The number of aryl methyl sites for hydroxylation is 1. The molecule has 1 atom stereocenters. The van der Waals surface area contributed by atoms with Crippen LogP contribution in [-0.4, -0.2) is 28.5 Å². The van der Waals surface area contributed by atoms with Crippen LogP contribution < -0.4 is 4.90 Å². The molecule has 1 aromatic heterocycles. The number of benzene rings is 2. The molecule has 4 rings (SSSR count). The second-order valence-electron chi connectivity index (χ2n) is 6.47. The second-order valence-corrected chi connectivity index (χ2v) is 6.47. The topological polar surface area (TPSA) is 83.6 Å². The first-order valence-electron chi connectivity index (χ1n) is 8.58. The molecule has 0 radical (unpaired) electrons. The van der Waals surface area contributed by atoms with Crippen LogP contribution in [0.15, 0.2) is 46.9 Å². The van der Waals surface area contributed by atoms with E-state index in [1.54, 1.807) is 18.2 Å². The van der Waals surface area contributed by atoms with Gasteiger partial charge in [-0.2, -0.15) is 0 Å². The number of carbonyl (C=O) groups is 2. The molecular formula is C20H18N2O4. The lowest BCUT2D eigenvalue weighted by molar-refractivity contribution is -0.141. The molecule has 132 valence electrons. The molecule has 1 aliphatic heterocycles. The fourth-order valence-corrected chi connectivity index (χ4v) is 3.21. The number of hydrogen-bond donors (Lipinski definition) is 1. The lowest BCUT2D eigenvalue weighted by Crippen LogP contribution is -2.25. The van der Waals surface area contributed by atoms with Crippen LogP contribution >= 0.6 is 0 Å². The molecule has 6 nitrogen and oxygen atoms in total. The number of carboxylic acids is 1. The average Bonchev–Trinajstić information content (AvgIpc) is 3.24. The van der Waals surface area contributed by atoms with Crippen LogP contribution in [0.5, 0.6) is 0 Å². The number of aromatic nitrogens is 1. The van der Waals surface area contributed by atoms with Gasteiger partial charge in [0, 0.05) is 24.2 Å². The number of carbonyl (C=O) groups excluding carboxylic acids is 1. The molecular weight excluding hydrogens is 332 g/mol. The van der Waals surface area contributed by atoms with Crippen LogP contribution in [-0.2, 0) is 16.0 Å². The molecule has 26 heavy (non-hydrogen) atoms. The summed E-state index contributed by atoms with van der Waals surface area (Å²) in [5.41, 5.74) is 4.05. The van der Waals surface area contributed by atoms with Gasteiger partial charge in [-0.3, -0.25) is 9.59 Å².